The van der Waals surface area contributed by atoms with Gasteiger partial charge >= 0.3 is 5.97 Å². The standard InChI is InChI=1S/C13H10Cl2N2O3/c1-20-13(19)10-4-9(14)7-17(12(10)18)6-8-2-3-11(15)16-5-8/h2-5,7H,6H2,1H3. The summed E-state index contributed by atoms with van der Waals surface area (Å²) in [6.45, 7) is 0.230. The minimum absolute atomic E-state index is 0.109. The van der Waals surface area contributed by atoms with E-state index in [2.05, 4.69) is 9.72 Å². The van der Waals surface area contributed by atoms with Gasteiger partial charge in [0.1, 0.15) is 10.7 Å². The maximum absolute atomic E-state index is 12.1. The van der Waals surface area contributed by atoms with E-state index in [1.165, 1.54) is 23.9 Å². The van der Waals surface area contributed by atoms with Crippen LogP contribution in [0, 0.1) is 0 Å². The molecule has 0 amide bonds. The van der Waals surface area contributed by atoms with Crippen molar-refractivity contribution >= 4 is 29.2 Å². The number of ether oxygens (including phenoxy) is 1. The van der Waals surface area contributed by atoms with Crippen LogP contribution >= 0.6 is 23.2 Å². The number of esters is 1. The van der Waals surface area contributed by atoms with E-state index in [4.69, 9.17) is 23.2 Å². The number of carbonyl (C=O) groups is 1. The van der Waals surface area contributed by atoms with E-state index in [9.17, 15) is 9.59 Å². The van der Waals surface area contributed by atoms with Crippen molar-refractivity contribution < 1.29 is 9.53 Å². The van der Waals surface area contributed by atoms with Crippen LogP contribution < -0.4 is 5.56 Å². The monoisotopic (exact) mass is 312 g/mol. The normalized spacial score (nSPS) is 10.3. The number of methoxy groups -OCH3 is 1. The number of pyridine rings is 2. The molecule has 20 heavy (non-hydrogen) atoms. The molecule has 0 aliphatic carbocycles. The summed E-state index contributed by atoms with van der Waals surface area (Å²) in [7, 11) is 1.20. The van der Waals surface area contributed by atoms with Crippen LogP contribution in [-0.2, 0) is 11.3 Å². The number of hydrogen-bond acceptors (Lipinski definition) is 4. The fourth-order valence-corrected chi connectivity index (χ4v) is 2.01. The van der Waals surface area contributed by atoms with E-state index in [-0.39, 0.29) is 17.1 Å². The third kappa shape index (κ3) is 3.18. The zero-order chi connectivity index (χ0) is 14.7. The van der Waals surface area contributed by atoms with Gasteiger partial charge < -0.3 is 9.30 Å². The van der Waals surface area contributed by atoms with Crippen molar-refractivity contribution in [2.75, 3.05) is 7.11 Å². The van der Waals surface area contributed by atoms with E-state index < -0.39 is 11.5 Å². The lowest BCUT2D eigenvalue weighted by atomic mass is 10.2. The van der Waals surface area contributed by atoms with Crippen LogP contribution in [0.3, 0.4) is 0 Å². The molecule has 2 rings (SSSR count). The van der Waals surface area contributed by atoms with Gasteiger partial charge in [-0.15, -0.1) is 0 Å². The van der Waals surface area contributed by atoms with Gasteiger partial charge in [-0.3, -0.25) is 4.79 Å². The summed E-state index contributed by atoms with van der Waals surface area (Å²) >= 11 is 11.6. The molecule has 0 spiro atoms. The average molecular weight is 313 g/mol. The third-order valence-electron chi connectivity index (χ3n) is 2.60. The number of rotatable bonds is 3. The Labute approximate surface area is 124 Å². The van der Waals surface area contributed by atoms with Crippen molar-refractivity contribution in [2.24, 2.45) is 0 Å². The van der Waals surface area contributed by atoms with Gasteiger partial charge in [-0.25, -0.2) is 9.78 Å². The lowest BCUT2D eigenvalue weighted by Crippen LogP contribution is -2.27. The van der Waals surface area contributed by atoms with Gasteiger partial charge in [-0.1, -0.05) is 29.3 Å². The summed E-state index contributed by atoms with van der Waals surface area (Å²) in [5.41, 5.74) is 0.174. The Morgan fingerprint density at radius 3 is 2.75 bits per heavy atom. The first-order valence-corrected chi connectivity index (χ1v) is 6.35. The summed E-state index contributed by atoms with van der Waals surface area (Å²) in [6.07, 6.45) is 3.00. The molecule has 5 nitrogen and oxygen atoms in total. The van der Waals surface area contributed by atoms with Crippen LogP contribution in [0.2, 0.25) is 10.2 Å². The van der Waals surface area contributed by atoms with Crippen LogP contribution in [0.4, 0.5) is 0 Å². The number of carbonyl (C=O) groups excluding carboxylic acids is 1. The highest BCUT2D eigenvalue weighted by molar-refractivity contribution is 6.30. The Balaban J connectivity index is 2.42. The number of hydrogen-bond donors (Lipinski definition) is 0. The molecule has 2 aromatic heterocycles. The van der Waals surface area contributed by atoms with Crippen molar-refractivity contribution in [3.05, 3.63) is 62.2 Å². The SMILES string of the molecule is COC(=O)c1cc(Cl)cn(Cc2ccc(Cl)nc2)c1=O. The Hall–Kier alpha value is -1.85. The first-order valence-electron chi connectivity index (χ1n) is 5.60. The number of halogens is 2. The number of nitrogens with zero attached hydrogens (tertiary/aromatic N) is 2. The average Bonchev–Trinajstić information content (AvgIpc) is 2.44. The third-order valence-corrected chi connectivity index (χ3v) is 3.03. The molecule has 0 saturated heterocycles. The lowest BCUT2D eigenvalue weighted by molar-refractivity contribution is 0.0598. The summed E-state index contributed by atoms with van der Waals surface area (Å²) in [5.74, 6) is -0.722. The Morgan fingerprint density at radius 2 is 2.15 bits per heavy atom. The molecule has 104 valence electrons. The van der Waals surface area contributed by atoms with Crippen molar-refractivity contribution in [2.45, 2.75) is 6.54 Å². The second-order valence-electron chi connectivity index (χ2n) is 3.99. The highest BCUT2D eigenvalue weighted by Crippen LogP contribution is 2.11. The second-order valence-corrected chi connectivity index (χ2v) is 4.81. The van der Waals surface area contributed by atoms with E-state index in [0.717, 1.165) is 5.56 Å². The Kier molecular flexibility index (Phi) is 4.42. The lowest BCUT2D eigenvalue weighted by Gasteiger charge is -2.08. The molecule has 0 aliphatic rings. The van der Waals surface area contributed by atoms with E-state index >= 15 is 0 Å². The second kappa shape index (κ2) is 6.07. The van der Waals surface area contributed by atoms with E-state index in [1.807, 2.05) is 0 Å². The van der Waals surface area contributed by atoms with Crippen molar-refractivity contribution in [1.82, 2.24) is 9.55 Å². The van der Waals surface area contributed by atoms with E-state index in [0.29, 0.717) is 5.15 Å². The molecule has 0 radical (unpaired) electrons. The van der Waals surface area contributed by atoms with Gasteiger partial charge in [0.25, 0.3) is 5.56 Å². The smallest absolute Gasteiger partial charge is 0.343 e. The minimum atomic E-state index is -0.722. The van der Waals surface area contributed by atoms with Gasteiger partial charge in [0.15, 0.2) is 0 Å². The van der Waals surface area contributed by atoms with Gasteiger partial charge in [0.05, 0.1) is 18.7 Å². The van der Waals surface area contributed by atoms with Crippen LogP contribution in [-0.4, -0.2) is 22.6 Å². The summed E-state index contributed by atoms with van der Waals surface area (Å²) in [4.78, 5) is 27.6. The Morgan fingerprint density at radius 1 is 1.40 bits per heavy atom. The van der Waals surface area contributed by atoms with Gasteiger partial charge in [0, 0.05) is 12.4 Å². The molecule has 7 heteroatoms. The molecule has 0 aliphatic heterocycles. The summed E-state index contributed by atoms with van der Waals surface area (Å²) in [5, 5.41) is 0.634. The zero-order valence-corrected chi connectivity index (χ0v) is 12.0. The molecule has 2 heterocycles. The molecule has 0 atom stereocenters. The molecular formula is C13H10Cl2N2O3. The molecule has 0 N–H and O–H groups in total. The first kappa shape index (κ1) is 14.6. The maximum atomic E-state index is 12.1. The van der Waals surface area contributed by atoms with Crippen LogP contribution in [0.25, 0.3) is 0 Å². The maximum Gasteiger partial charge on any atom is 0.343 e. The number of aromatic nitrogens is 2. The predicted molar refractivity (Wildman–Crippen MR) is 75.4 cm³/mol. The van der Waals surface area contributed by atoms with Crippen LogP contribution in [0.1, 0.15) is 15.9 Å². The largest absolute Gasteiger partial charge is 0.465 e. The van der Waals surface area contributed by atoms with Crippen molar-refractivity contribution in [1.29, 1.82) is 0 Å². The molecule has 0 bridgehead atoms. The van der Waals surface area contributed by atoms with Crippen molar-refractivity contribution in [3.8, 4) is 0 Å². The highest BCUT2D eigenvalue weighted by Gasteiger charge is 2.14. The molecular weight excluding hydrogens is 303 g/mol. The first-order chi connectivity index (χ1) is 9.51. The minimum Gasteiger partial charge on any atom is -0.465 e. The quantitative estimate of drug-likeness (QED) is 0.645. The van der Waals surface area contributed by atoms with Crippen LogP contribution in [0.5, 0.6) is 0 Å². The fraction of sp³-hybridized carbons (Fsp3) is 0.154. The fourth-order valence-electron chi connectivity index (χ4n) is 1.67. The Bertz CT molecular complexity index is 696. The molecule has 0 saturated carbocycles. The highest BCUT2D eigenvalue weighted by atomic mass is 35.5. The summed E-state index contributed by atoms with van der Waals surface area (Å²) < 4.78 is 5.87. The molecule has 0 aromatic carbocycles. The zero-order valence-electron chi connectivity index (χ0n) is 10.5. The van der Waals surface area contributed by atoms with E-state index in [1.54, 1.807) is 18.3 Å². The molecule has 0 unspecified atom stereocenters. The molecule has 0 fully saturated rings. The molecule has 2 aromatic rings. The van der Waals surface area contributed by atoms with Crippen LogP contribution in [0.15, 0.2) is 35.4 Å². The summed E-state index contributed by atoms with van der Waals surface area (Å²) in [6, 6.07) is 4.64. The van der Waals surface area contributed by atoms with Crippen molar-refractivity contribution in [3.63, 3.8) is 0 Å². The topological polar surface area (TPSA) is 61.2 Å². The van der Waals surface area contributed by atoms with Gasteiger partial charge in [-0.05, 0) is 17.7 Å². The van der Waals surface area contributed by atoms with Gasteiger partial charge in [0.2, 0.25) is 0 Å². The van der Waals surface area contributed by atoms with Gasteiger partial charge in [-0.2, -0.15) is 0 Å². The predicted octanol–water partition coefficient (Wildman–Crippen LogP) is 2.39.